The first kappa shape index (κ1) is 21.6. The van der Waals surface area contributed by atoms with Gasteiger partial charge < -0.3 is 10.6 Å². The second-order valence-electron chi connectivity index (χ2n) is 8.47. The van der Waals surface area contributed by atoms with Crippen LogP contribution in [0.3, 0.4) is 0 Å². The lowest BCUT2D eigenvalue weighted by atomic mass is 10.1. The van der Waals surface area contributed by atoms with Crippen molar-refractivity contribution in [3.8, 4) is 0 Å². The van der Waals surface area contributed by atoms with E-state index in [0.29, 0.717) is 19.0 Å². The average molecular weight is 504 g/mol. The molecule has 0 spiro atoms. The maximum Gasteiger partial charge on any atom is 0.223 e. The van der Waals surface area contributed by atoms with Crippen LogP contribution in [-0.2, 0) is 4.79 Å². The second kappa shape index (κ2) is 9.35. The fourth-order valence-electron chi connectivity index (χ4n) is 4.28. The van der Waals surface area contributed by atoms with Crippen molar-refractivity contribution in [2.24, 2.45) is 5.92 Å². The van der Waals surface area contributed by atoms with E-state index in [0.717, 1.165) is 40.0 Å². The van der Waals surface area contributed by atoms with E-state index in [9.17, 15) is 4.79 Å². The molecule has 0 radical (unpaired) electrons. The number of carbonyl (C=O) groups excluding carboxylic acids is 1. The maximum atomic E-state index is 12.6. The number of fused-ring (bicyclic) bond motifs is 1. The first-order valence-electron chi connectivity index (χ1n) is 11.3. The lowest BCUT2D eigenvalue weighted by Crippen LogP contribution is -2.30. The highest BCUT2D eigenvalue weighted by Gasteiger charge is 2.43. The fourth-order valence-corrected chi connectivity index (χ4v) is 4.63. The quantitative estimate of drug-likeness (QED) is 0.439. The zero-order valence-corrected chi connectivity index (χ0v) is 20.0. The topological polar surface area (TPSA) is 71.3 Å². The SMILES string of the molecule is CC1=C(c2cc(NCCNC(=O)C3C[C@H]3c3ccccc3)n3ncc(Br)c3n2)C=CCC=C1. The average Bonchev–Trinajstić information content (AvgIpc) is 3.59. The van der Waals surface area contributed by atoms with Gasteiger partial charge in [0.15, 0.2) is 5.65 Å². The molecule has 2 atom stereocenters. The smallest absolute Gasteiger partial charge is 0.223 e. The highest BCUT2D eigenvalue weighted by atomic mass is 79.9. The van der Waals surface area contributed by atoms with Crippen molar-refractivity contribution in [1.82, 2.24) is 19.9 Å². The Morgan fingerprint density at radius 1 is 1.18 bits per heavy atom. The van der Waals surface area contributed by atoms with Crippen LogP contribution in [-0.4, -0.2) is 33.6 Å². The maximum absolute atomic E-state index is 12.6. The minimum absolute atomic E-state index is 0.0821. The lowest BCUT2D eigenvalue weighted by Gasteiger charge is -2.13. The summed E-state index contributed by atoms with van der Waals surface area (Å²) < 4.78 is 2.63. The lowest BCUT2D eigenvalue weighted by molar-refractivity contribution is -0.122. The van der Waals surface area contributed by atoms with E-state index in [1.807, 2.05) is 24.3 Å². The van der Waals surface area contributed by atoms with Crippen LogP contribution in [0.5, 0.6) is 0 Å². The van der Waals surface area contributed by atoms with E-state index in [-0.39, 0.29) is 11.8 Å². The first-order chi connectivity index (χ1) is 16.1. The number of nitrogens with zero attached hydrogens (tertiary/aromatic N) is 3. The Labute approximate surface area is 201 Å². The molecule has 2 aliphatic carbocycles. The molecule has 7 heteroatoms. The summed E-state index contributed by atoms with van der Waals surface area (Å²) in [6, 6.07) is 12.3. The normalized spacial score (nSPS) is 19.6. The molecule has 2 N–H and O–H groups in total. The Morgan fingerprint density at radius 2 is 2.00 bits per heavy atom. The largest absolute Gasteiger partial charge is 0.368 e. The summed E-state index contributed by atoms with van der Waals surface area (Å²) >= 11 is 3.56. The fraction of sp³-hybridized carbons (Fsp3) is 0.269. The van der Waals surface area contributed by atoms with Crippen LogP contribution in [0.25, 0.3) is 11.2 Å². The summed E-state index contributed by atoms with van der Waals surface area (Å²) in [5.74, 6) is 1.40. The van der Waals surface area contributed by atoms with Crippen molar-refractivity contribution in [2.75, 3.05) is 18.4 Å². The molecule has 0 aliphatic heterocycles. The molecule has 1 fully saturated rings. The third kappa shape index (κ3) is 4.64. The third-order valence-corrected chi connectivity index (χ3v) is 6.70. The number of carbonyl (C=O) groups is 1. The molecule has 6 nitrogen and oxygen atoms in total. The van der Waals surface area contributed by atoms with Gasteiger partial charge in [0.05, 0.1) is 16.4 Å². The minimum atomic E-state index is 0.0821. The molecule has 168 valence electrons. The molecule has 1 unspecified atom stereocenters. The Hall–Kier alpha value is -3.19. The van der Waals surface area contributed by atoms with Crippen LogP contribution in [0.4, 0.5) is 5.82 Å². The molecule has 33 heavy (non-hydrogen) atoms. The van der Waals surface area contributed by atoms with Crippen molar-refractivity contribution in [2.45, 2.75) is 25.7 Å². The van der Waals surface area contributed by atoms with Crippen molar-refractivity contribution in [3.63, 3.8) is 0 Å². The number of amides is 1. The molecule has 1 aromatic carbocycles. The number of nitrogens with one attached hydrogen (secondary N) is 2. The van der Waals surface area contributed by atoms with Gasteiger partial charge in [0.1, 0.15) is 5.82 Å². The van der Waals surface area contributed by atoms with E-state index in [1.54, 1.807) is 10.7 Å². The van der Waals surface area contributed by atoms with Crippen molar-refractivity contribution in [1.29, 1.82) is 0 Å². The predicted octanol–water partition coefficient (Wildman–Crippen LogP) is 5.11. The Morgan fingerprint density at radius 3 is 2.85 bits per heavy atom. The summed E-state index contributed by atoms with van der Waals surface area (Å²) in [5, 5.41) is 11.0. The highest BCUT2D eigenvalue weighted by molar-refractivity contribution is 9.10. The molecule has 5 rings (SSSR count). The predicted molar refractivity (Wildman–Crippen MR) is 135 cm³/mol. The minimum Gasteiger partial charge on any atom is -0.368 e. The van der Waals surface area contributed by atoms with Crippen LogP contribution in [0.2, 0.25) is 0 Å². The third-order valence-electron chi connectivity index (χ3n) is 6.14. The van der Waals surface area contributed by atoms with Gasteiger partial charge in [0.2, 0.25) is 5.91 Å². The van der Waals surface area contributed by atoms with E-state index >= 15 is 0 Å². The van der Waals surface area contributed by atoms with Gasteiger partial charge in [-0.1, -0.05) is 54.6 Å². The molecule has 1 saturated carbocycles. The van der Waals surface area contributed by atoms with Crippen LogP contribution in [0.1, 0.15) is 36.9 Å². The van der Waals surface area contributed by atoms with Gasteiger partial charge in [-0.25, -0.2) is 4.98 Å². The van der Waals surface area contributed by atoms with E-state index in [4.69, 9.17) is 4.98 Å². The molecule has 2 heterocycles. The molecule has 2 aromatic heterocycles. The number of hydrogen-bond acceptors (Lipinski definition) is 4. The van der Waals surface area contributed by atoms with E-state index < -0.39 is 0 Å². The number of rotatable bonds is 7. The number of hydrogen-bond donors (Lipinski definition) is 2. The van der Waals surface area contributed by atoms with Gasteiger partial charge in [-0.3, -0.25) is 4.79 Å². The molecular weight excluding hydrogens is 478 g/mol. The molecule has 0 bridgehead atoms. The van der Waals surface area contributed by atoms with Gasteiger partial charge in [-0.15, -0.1) is 0 Å². The van der Waals surface area contributed by atoms with Crippen LogP contribution in [0.15, 0.2) is 76.9 Å². The summed E-state index contributed by atoms with van der Waals surface area (Å²) in [6.45, 7) is 3.24. The Kier molecular flexibility index (Phi) is 6.13. The summed E-state index contributed by atoms with van der Waals surface area (Å²) in [5.41, 5.74) is 5.16. The van der Waals surface area contributed by atoms with E-state index in [2.05, 4.69) is 75.0 Å². The number of allylic oxidation sites excluding steroid dienone is 6. The summed E-state index contributed by atoms with van der Waals surface area (Å²) in [7, 11) is 0. The van der Waals surface area contributed by atoms with Crippen molar-refractivity contribution < 1.29 is 4.79 Å². The molecule has 1 amide bonds. The number of aromatic nitrogens is 3. The van der Waals surface area contributed by atoms with Gasteiger partial charge >= 0.3 is 0 Å². The summed E-state index contributed by atoms with van der Waals surface area (Å²) in [6.07, 6.45) is 12.1. The number of halogens is 1. The van der Waals surface area contributed by atoms with Crippen molar-refractivity contribution >= 4 is 38.9 Å². The van der Waals surface area contributed by atoms with Crippen LogP contribution >= 0.6 is 15.9 Å². The number of benzene rings is 1. The van der Waals surface area contributed by atoms with E-state index in [1.165, 1.54) is 11.1 Å². The molecule has 3 aromatic rings. The molecule has 0 saturated heterocycles. The van der Waals surface area contributed by atoms with Gasteiger partial charge in [0, 0.05) is 30.6 Å². The van der Waals surface area contributed by atoms with Gasteiger partial charge in [-0.05, 0) is 52.7 Å². The van der Waals surface area contributed by atoms with Crippen LogP contribution in [0, 0.1) is 5.92 Å². The second-order valence-corrected chi connectivity index (χ2v) is 9.32. The number of anilines is 1. The van der Waals surface area contributed by atoms with Crippen LogP contribution < -0.4 is 10.6 Å². The Bertz CT molecular complexity index is 1270. The molecular formula is C26H26BrN5O. The van der Waals surface area contributed by atoms with Gasteiger partial charge in [-0.2, -0.15) is 9.61 Å². The monoisotopic (exact) mass is 503 g/mol. The Balaban J connectivity index is 1.26. The van der Waals surface area contributed by atoms with Crippen molar-refractivity contribution in [3.05, 3.63) is 88.2 Å². The zero-order chi connectivity index (χ0) is 22.8. The molecule has 2 aliphatic rings. The summed E-state index contributed by atoms with van der Waals surface area (Å²) in [4.78, 5) is 17.4. The zero-order valence-electron chi connectivity index (χ0n) is 18.5. The highest BCUT2D eigenvalue weighted by Crippen LogP contribution is 2.47. The standard InChI is InChI=1S/C26H26BrN5O/c1-17-8-4-2-7-11-19(17)23-15-24(32-25(31-23)22(27)16-30-32)28-12-13-29-26(33)21-14-20(21)18-9-5-3-6-10-18/h3-11,15-16,20-21,28H,2,12-14H2,1H3,(H,29,33)/t20-,21?/m0/s1. The first-order valence-corrected chi connectivity index (χ1v) is 12.1. The van der Waals surface area contributed by atoms with Gasteiger partial charge in [0.25, 0.3) is 0 Å².